The van der Waals surface area contributed by atoms with E-state index in [-0.39, 0.29) is 12.1 Å². The van der Waals surface area contributed by atoms with Gasteiger partial charge in [0, 0.05) is 34.7 Å². The summed E-state index contributed by atoms with van der Waals surface area (Å²) in [6.07, 6.45) is 3.60. The molecule has 2 N–H and O–H groups in total. The monoisotopic (exact) mass is 342 g/mol. The molecule has 0 unspecified atom stereocenters. The number of fused-ring (bicyclic) bond motifs is 1. The summed E-state index contributed by atoms with van der Waals surface area (Å²) in [6, 6.07) is 6.16. The molecule has 134 valence electrons. The number of aromatic nitrogens is 2. The van der Waals surface area contributed by atoms with E-state index in [2.05, 4.69) is 23.3 Å². The van der Waals surface area contributed by atoms with E-state index in [1.165, 1.54) is 0 Å². The number of amides is 1. The zero-order valence-electron chi connectivity index (χ0n) is 15.4. The summed E-state index contributed by atoms with van der Waals surface area (Å²) < 4.78 is 1.97. The molecule has 0 bridgehead atoms. The highest BCUT2D eigenvalue weighted by atomic mass is 16.4. The van der Waals surface area contributed by atoms with Crippen molar-refractivity contribution < 1.29 is 9.90 Å². The first-order valence-corrected chi connectivity index (χ1v) is 8.60. The average Bonchev–Trinajstić information content (AvgIpc) is 2.91. The SMILES string of the molecule is Cc1cn(-c2ccc3c(c2)[C@@H](N(C(=O)O)C(C)(C)C)C[C@@H](C)N3)cn1. The van der Waals surface area contributed by atoms with Crippen molar-refractivity contribution >= 4 is 11.8 Å². The van der Waals surface area contributed by atoms with Gasteiger partial charge in [-0.05, 0) is 59.2 Å². The predicted octanol–water partition coefficient (Wildman–Crippen LogP) is 4.20. The van der Waals surface area contributed by atoms with Gasteiger partial charge in [0.05, 0.1) is 18.1 Å². The van der Waals surface area contributed by atoms with E-state index in [0.29, 0.717) is 0 Å². The van der Waals surface area contributed by atoms with Crippen LogP contribution < -0.4 is 5.32 Å². The summed E-state index contributed by atoms with van der Waals surface area (Å²) in [6.45, 7) is 9.86. The molecular weight excluding hydrogens is 316 g/mol. The average molecular weight is 342 g/mol. The number of carbonyl (C=O) groups is 1. The van der Waals surface area contributed by atoms with Gasteiger partial charge in [-0.2, -0.15) is 0 Å². The molecule has 6 heteroatoms. The molecule has 0 radical (unpaired) electrons. The van der Waals surface area contributed by atoms with Gasteiger partial charge in [0.1, 0.15) is 0 Å². The first-order chi connectivity index (χ1) is 11.7. The minimum absolute atomic E-state index is 0.187. The van der Waals surface area contributed by atoms with Gasteiger partial charge in [-0.3, -0.25) is 4.90 Å². The van der Waals surface area contributed by atoms with Crippen LogP contribution in [0.25, 0.3) is 5.69 Å². The van der Waals surface area contributed by atoms with Crippen LogP contribution in [0.3, 0.4) is 0 Å². The Morgan fingerprint density at radius 1 is 1.40 bits per heavy atom. The molecule has 25 heavy (non-hydrogen) atoms. The number of benzene rings is 1. The minimum atomic E-state index is -0.888. The first-order valence-electron chi connectivity index (χ1n) is 8.60. The maximum Gasteiger partial charge on any atom is 0.408 e. The van der Waals surface area contributed by atoms with Crippen molar-refractivity contribution in [3.8, 4) is 5.69 Å². The highest BCUT2D eigenvalue weighted by Gasteiger charge is 2.38. The number of hydrogen-bond acceptors (Lipinski definition) is 3. The third-order valence-electron chi connectivity index (χ3n) is 4.62. The normalized spacial score (nSPS) is 19.9. The molecule has 0 spiro atoms. The van der Waals surface area contributed by atoms with E-state index in [4.69, 9.17) is 0 Å². The lowest BCUT2D eigenvalue weighted by Gasteiger charge is -2.44. The summed E-state index contributed by atoms with van der Waals surface area (Å²) in [5, 5.41) is 13.3. The lowest BCUT2D eigenvalue weighted by atomic mass is 9.89. The number of nitrogens with one attached hydrogen (secondary N) is 1. The molecule has 0 saturated carbocycles. The van der Waals surface area contributed by atoms with Crippen molar-refractivity contribution in [2.75, 3.05) is 5.32 Å². The van der Waals surface area contributed by atoms with Gasteiger partial charge >= 0.3 is 6.09 Å². The molecular formula is C19H26N4O2. The second-order valence-electron chi connectivity index (χ2n) is 7.81. The number of hydrogen-bond donors (Lipinski definition) is 2. The Hall–Kier alpha value is -2.50. The molecule has 1 aliphatic heterocycles. The Bertz CT molecular complexity index is 791. The number of anilines is 1. The molecule has 1 amide bonds. The third kappa shape index (κ3) is 3.34. The van der Waals surface area contributed by atoms with Gasteiger partial charge in [-0.25, -0.2) is 9.78 Å². The van der Waals surface area contributed by atoms with Crippen molar-refractivity contribution in [1.82, 2.24) is 14.5 Å². The Kier molecular flexibility index (Phi) is 4.22. The number of nitrogens with zero attached hydrogens (tertiary/aromatic N) is 3. The van der Waals surface area contributed by atoms with Crippen LogP contribution in [0, 0.1) is 6.92 Å². The second-order valence-corrected chi connectivity index (χ2v) is 7.81. The zero-order chi connectivity index (χ0) is 18.4. The van der Waals surface area contributed by atoms with Crippen LogP contribution in [0.5, 0.6) is 0 Å². The lowest BCUT2D eigenvalue weighted by molar-refractivity contribution is 0.0644. The van der Waals surface area contributed by atoms with E-state index in [1.807, 2.05) is 50.6 Å². The fraction of sp³-hybridized carbons (Fsp3) is 0.474. The van der Waals surface area contributed by atoms with Crippen LogP contribution in [0.2, 0.25) is 0 Å². The highest BCUT2D eigenvalue weighted by molar-refractivity contribution is 5.69. The van der Waals surface area contributed by atoms with Gasteiger partial charge in [0.2, 0.25) is 0 Å². The quantitative estimate of drug-likeness (QED) is 0.858. The van der Waals surface area contributed by atoms with Crippen molar-refractivity contribution in [2.24, 2.45) is 0 Å². The Morgan fingerprint density at radius 2 is 2.12 bits per heavy atom. The van der Waals surface area contributed by atoms with Gasteiger partial charge in [-0.1, -0.05) is 0 Å². The largest absolute Gasteiger partial charge is 0.465 e. The van der Waals surface area contributed by atoms with E-state index in [9.17, 15) is 9.90 Å². The number of rotatable bonds is 2. The molecule has 1 aromatic carbocycles. The Balaban J connectivity index is 2.10. The zero-order valence-corrected chi connectivity index (χ0v) is 15.4. The summed E-state index contributed by atoms with van der Waals surface area (Å²) >= 11 is 0. The highest BCUT2D eigenvalue weighted by Crippen LogP contribution is 2.40. The van der Waals surface area contributed by atoms with Gasteiger partial charge in [-0.15, -0.1) is 0 Å². The number of carboxylic acid groups (broad SMARTS) is 1. The fourth-order valence-corrected chi connectivity index (χ4v) is 3.60. The van der Waals surface area contributed by atoms with Crippen LogP contribution in [-0.2, 0) is 0 Å². The minimum Gasteiger partial charge on any atom is -0.465 e. The Labute approximate surface area is 148 Å². The molecule has 1 aliphatic rings. The Morgan fingerprint density at radius 3 is 2.68 bits per heavy atom. The summed E-state index contributed by atoms with van der Waals surface area (Å²) in [5.74, 6) is 0. The maximum atomic E-state index is 12.0. The summed E-state index contributed by atoms with van der Waals surface area (Å²) in [4.78, 5) is 17.9. The molecule has 0 fully saturated rings. The predicted molar refractivity (Wildman–Crippen MR) is 98.4 cm³/mol. The smallest absolute Gasteiger partial charge is 0.408 e. The first kappa shape index (κ1) is 17.3. The molecule has 6 nitrogen and oxygen atoms in total. The van der Waals surface area contributed by atoms with Crippen LogP contribution >= 0.6 is 0 Å². The standard InChI is InChI=1S/C19H26N4O2/c1-12-8-17(23(18(24)25)19(3,4)5)15-9-14(6-7-16(15)21-12)22-10-13(2)20-11-22/h6-7,9-12,17,21H,8H2,1-5H3,(H,24,25)/t12-,17+/m1/s1. The van der Waals surface area contributed by atoms with Crippen LogP contribution in [-0.4, -0.2) is 37.2 Å². The summed E-state index contributed by atoms with van der Waals surface area (Å²) in [5.41, 5.74) is 3.47. The van der Waals surface area contributed by atoms with Crippen molar-refractivity contribution in [3.05, 3.63) is 42.0 Å². The summed E-state index contributed by atoms with van der Waals surface area (Å²) in [7, 11) is 0. The molecule has 1 aromatic heterocycles. The van der Waals surface area contributed by atoms with Gasteiger partial charge in [0.25, 0.3) is 0 Å². The second kappa shape index (κ2) is 6.10. The van der Waals surface area contributed by atoms with E-state index >= 15 is 0 Å². The molecule has 0 aliphatic carbocycles. The molecule has 2 atom stereocenters. The van der Waals surface area contributed by atoms with E-state index in [1.54, 1.807) is 11.2 Å². The van der Waals surface area contributed by atoms with E-state index in [0.717, 1.165) is 29.1 Å². The van der Waals surface area contributed by atoms with Crippen LogP contribution in [0.15, 0.2) is 30.7 Å². The molecule has 3 rings (SSSR count). The van der Waals surface area contributed by atoms with E-state index < -0.39 is 11.6 Å². The molecule has 2 heterocycles. The molecule has 0 saturated heterocycles. The van der Waals surface area contributed by atoms with Gasteiger partial charge in [0.15, 0.2) is 0 Å². The van der Waals surface area contributed by atoms with Crippen molar-refractivity contribution in [3.63, 3.8) is 0 Å². The van der Waals surface area contributed by atoms with Crippen LogP contribution in [0.1, 0.15) is 51.4 Å². The number of imidazole rings is 1. The molecule has 2 aromatic rings. The van der Waals surface area contributed by atoms with Crippen molar-refractivity contribution in [1.29, 1.82) is 0 Å². The fourth-order valence-electron chi connectivity index (χ4n) is 3.60. The number of aryl methyl sites for hydroxylation is 1. The van der Waals surface area contributed by atoms with Gasteiger partial charge < -0.3 is 15.0 Å². The van der Waals surface area contributed by atoms with Crippen LogP contribution in [0.4, 0.5) is 10.5 Å². The lowest BCUT2D eigenvalue weighted by Crippen LogP contribution is -2.49. The third-order valence-corrected chi connectivity index (χ3v) is 4.62. The van der Waals surface area contributed by atoms with Crippen molar-refractivity contribution in [2.45, 2.75) is 58.7 Å². The topological polar surface area (TPSA) is 70.4 Å². The maximum absolute atomic E-state index is 12.0.